The summed E-state index contributed by atoms with van der Waals surface area (Å²) in [5.74, 6) is 0.693. The summed E-state index contributed by atoms with van der Waals surface area (Å²) in [7, 11) is 3.86. The zero-order valence-electron chi connectivity index (χ0n) is 12.2. The summed E-state index contributed by atoms with van der Waals surface area (Å²) >= 11 is 0. The Morgan fingerprint density at radius 2 is 2.00 bits per heavy atom. The maximum atomic E-state index is 14.0. The van der Waals surface area contributed by atoms with Gasteiger partial charge in [0.15, 0.2) is 0 Å². The fraction of sp³-hybridized carbons (Fsp3) is 0.235. The second-order valence-corrected chi connectivity index (χ2v) is 5.21. The van der Waals surface area contributed by atoms with Gasteiger partial charge < -0.3 is 9.88 Å². The molecule has 21 heavy (non-hydrogen) atoms. The topological polar surface area (TPSA) is 29.9 Å². The van der Waals surface area contributed by atoms with Gasteiger partial charge in [0.25, 0.3) is 0 Å². The van der Waals surface area contributed by atoms with E-state index in [1.165, 1.54) is 6.07 Å². The molecule has 3 rings (SSSR count). The first kappa shape index (κ1) is 13.8. The summed E-state index contributed by atoms with van der Waals surface area (Å²) in [6.45, 7) is 0.732. The molecule has 0 unspecified atom stereocenters. The number of rotatable bonds is 4. The predicted molar refractivity (Wildman–Crippen MR) is 82.7 cm³/mol. The van der Waals surface area contributed by atoms with Crippen LogP contribution < -0.4 is 5.32 Å². The highest BCUT2D eigenvalue weighted by Crippen LogP contribution is 2.19. The molecule has 0 aliphatic rings. The molecule has 1 aromatic heterocycles. The SMILES string of the molecule is CNCc1ccc(F)c(Cc2nc3ccccc3n2C)c1. The predicted octanol–water partition coefficient (Wildman–Crippen LogP) is 3.02. The molecule has 2 aromatic carbocycles. The Labute approximate surface area is 123 Å². The van der Waals surface area contributed by atoms with Gasteiger partial charge in [0.2, 0.25) is 0 Å². The maximum absolute atomic E-state index is 14.0. The third-order valence-corrected chi connectivity index (χ3v) is 3.72. The van der Waals surface area contributed by atoms with Gasteiger partial charge in [-0.1, -0.05) is 24.3 Å². The molecule has 0 fully saturated rings. The van der Waals surface area contributed by atoms with E-state index in [1.54, 1.807) is 0 Å². The fourth-order valence-corrected chi connectivity index (χ4v) is 2.60. The monoisotopic (exact) mass is 283 g/mol. The highest BCUT2D eigenvalue weighted by Gasteiger charge is 2.11. The van der Waals surface area contributed by atoms with Crippen LogP contribution in [-0.2, 0) is 20.0 Å². The Kier molecular flexibility index (Phi) is 3.71. The van der Waals surface area contributed by atoms with E-state index >= 15 is 0 Å². The lowest BCUT2D eigenvalue weighted by molar-refractivity contribution is 0.609. The van der Waals surface area contributed by atoms with E-state index in [2.05, 4.69) is 10.3 Å². The van der Waals surface area contributed by atoms with Gasteiger partial charge in [0, 0.05) is 20.0 Å². The van der Waals surface area contributed by atoms with Gasteiger partial charge in [-0.2, -0.15) is 0 Å². The van der Waals surface area contributed by atoms with Gasteiger partial charge in [-0.25, -0.2) is 9.37 Å². The van der Waals surface area contributed by atoms with Crippen molar-refractivity contribution in [3.8, 4) is 0 Å². The van der Waals surface area contributed by atoms with Crippen LogP contribution in [0, 0.1) is 5.82 Å². The van der Waals surface area contributed by atoms with Crippen molar-refractivity contribution in [2.45, 2.75) is 13.0 Å². The Balaban J connectivity index is 1.98. The molecule has 0 atom stereocenters. The molecule has 0 aliphatic heterocycles. The third-order valence-electron chi connectivity index (χ3n) is 3.72. The third kappa shape index (κ3) is 2.67. The van der Waals surface area contributed by atoms with E-state index in [1.807, 2.05) is 55.1 Å². The van der Waals surface area contributed by atoms with Crippen LogP contribution in [0.1, 0.15) is 17.0 Å². The second-order valence-electron chi connectivity index (χ2n) is 5.21. The number of aryl methyl sites for hydroxylation is 1. The van der Waals surface area contributed by atoms with Crippen LogP contribution in [0.2, 0.25) is 0 Å². The minimum atomic E-state index is -0.179. The molecule has 108 valence electrons. The Bertz CT molecular complexity index is 777. The molecule has 1 N–H and O–H groups in total. The van der Waals surface area contributed by atoms with Crippen molar-refractivity contribution in [1.82, 2.24) is 14.9 Å². The Hall–Kier alpha value is -2.20. The van der Waals surface area contributed by atoms with E-state index < -0.39 is 0 Å². The van der Waals surface area contributed by atoms with Crippen molar-refractivity contribution >= 4 is 11.0 Å². The normalized spacial score (nSPS) is 11.2. The highest BCUT2D eigenvalue weighted by molar-refractivity contribution is 5.75. The molecule has 3 nitrogen and oxygen atoms in total. The van der Waals surface area contributed by atoms with Crippen LogP contribution in [-0.4, -0.2) is 16.6 Å². The minimum Gasteiger partial charge on any atom is -0.331 e. The molecule has 0 radical (unpaired) electrons. The molecule has 1 heterocycles. The number of nitrogens with zero attached hydrogens (tertiary/aromatic N) is 2. The molecule has 0 amide bonds. The van der Waals surface area contributed by atoms with Crippen molar-refractivity contribution in [2.75, 3.05) is 7.05 Å². The molecule has 0 aliphatic carbocycles. The first-order chi connectivity index (χ1) is 10.2. The van der Waals surface area contributed by atoms with Crippen molar-refractivity contribution in [3.63, 3.8) is 0 Å². The Morgan fingerprint density at radius 3 is 2.76 bits per heavy atom. The lowest BCUT2D eigenvalue weighted by Crippen LogP contribution is -2.07. The molecule has 0 bridgehead atoms. The van der Waals surface area contributed by atoms with Crippen LogP contribution >= 0.6 is 0 Å². The number of para-hydroxylation sites is 2. The molecule has 0 saturated heterocycles. The summed E-state index contributed by atoms with van der Waals surface area (Å²) in [5, 5.41) is 3.08. The first-order valence-corrected chi connectivity index (χ1v) is 7.01. The summed E-state index contributed by atoms with van der Waals surface area (Å²) in [5.41, 5.74) is 3.77. The highest BCUT2D eigenvalue weighted by atomic mass is 19.1. The lowest BCUT2D eigenvalue weighted by atomic mass is 10.1. The zero-order chi connectivity index (χ0) is 14.8. The standard InChI is InChI=1S/C17H18FN3/c1-19-11-12-7-8-14(18)13(9-12)10-17-20-15-5-3-4-6-16(15)21(17)2/h3-9,19H,10-11H2,1-2H3. The average Bonchev–Trinajstić information content (AvgIpc) is 2.80. The largest absolute Gasteiger partial charge is 0.331 e. The number of aromatic nitrogens is 2. The van der Waals surface area contributed by atoms with Crippen LogP contribution in [0.25, 0.3) is 11.0 Å². The van der Waals surface area contributed by atoms with Gasteiger partial charge in [-0.05, 0) is 36.4 Å². The summed E-state index contributed by atoms with van der Waals surface area (Å²) in [6, 6.07) is 13.2. The number of fused-ring (bicyclic) bond motifs is 1. The van der Waals surface area contributed by atoms with Crippen LogP contribution in [0.15, 0.2) is 42.5 Å². The average molecular weight is 283 g/mol. The van der Waals surface area contributed by atoms with E-state index in [0.29, 0.717) is 12.0 Å². The Morgan fingerprint density at radius 1 is 1.19 bits per heavy atom. The summed E-state index contributed by atoms with van der Waals surface area (Å²) < 4.78 is 16.1. The van der Waals surface area contributed by atoms with Crippen molar-refractivity contribution in [3.05, 3.63) is 65.2 Å². The fourth-order valence-electron chi connectivity index (χ4n) is 2.60. The number of nitrogens with one attached hydrogen (secondary N) is 1. The number of benzene rings is 2. The van der Waals surface area contributed by atoms with E-state index in [-0.39, 0.29) is 5.82 Å². The van der Waals surface area contributed by atoms with Gasteiger partial charge in [-0.15, -0.1) is 0 Å². The van der Waals surface area contributed by atoms with Crippen LogP contribution in [0.5, 0.6) is 0 Å². The summed E-state index contributed by atoms with van der Waals surface area (Å²) in [6.07, 6.45) is 0.495. The van der Waals surface area contributed by atoms with Gasteiger partial charge in [0.1, 0.15) is 11.6 Å². The van der Waals surface area contributed by atoms with E-state index in [9.17, 15) is 4.39 Å². The van der Waals surface area contributed by atoms with Crippen molar-refractivity contribution in [1.29, 1.82) is 0 Å². The van der Waals surface area contributed by atoms with E-state index in [4.69, 9.17) is 0 Å². The number of hydrogen-bond donors (Lipinski definition) is 1. The molecule has 4 heteroatoms. The minimum absolute atomic E-state index is 0.179. The molecular formula is C17H18FN3. The van der Waals surface area contributed by atoms with E-state index in [0.717, 1.165) is 29.0 Å². The molecule has 0 spiro atoms. The number of imidazole rings is 1. The quantitative estimate of drug-likeness (QED) is 0.797. The van der Waals surface area contributed by atoms with Crippen LogP contribution in [0.3, 0.4) is 0 Å². The molecule has 3 aromatic rings. The lowest BCUT2D eigenvalue weighted by Gasteiger charge is -2.07. The maximum Gasteiger partial charge on any atom is 0.126 e. The smallest absolute Gasteiger partial charge is 0.126 e. The first-order valence-electron chi connectivity index (χ1n) is 7.01. The van der Waals surface area contributed by atoms with Gasteiger partial charge in [-0.3, -0.25) is 0 Å². The van der Waals surface area contributed by atoms with Crippen molar-refractivity contribution in [2.24, 2.45) is 7.05 Å². The van der Waals surface area contributed by atoms with Gasteiger partial charge in [0.05, 0.1) is 11.0 Å². The second kappa shape index (κ2) is 5.66. The number of hydrogen-bond acceptors (Lipinski definition) is 2. The van der Waals surface area contributed by atoms with Crippen molar-refractivity contribution < 1.29 is 4.39 Å². The zero-order valence-corrected chi connectivity index (χ0v) is 12.2. The number of halogens is 1. The van der Waals surface area contributed by atoms with Crippen LogP contribution in [0.4, 0.5) is 4.39 Å². The van der Waals surface area contributed by atoms with Gasteiger partial charge >= 0.3 is 0 Å². The molecule has 0 saturated carbocycles. The molecular weight excluding hydrogens is 265 g/mol. The summed E-state index contributed by atoms with van der Waals surface area (Å²) in [4.78, 5) is 4.60.